The second kappa shape index (κ2) is 12.7. The second-order valence-electron chi connectivity index (χ2n) is 8.10. The Morgan fingerprint density at radius 2 is 1.88 bits per heavy atom. The van der Waals surface area contributed by atoms with Gasteiger partial charge in [-0.05, 0) is 49.9 Å². The Balaban J connectivity index is 1.37. The lowest BCUT2D eigenvalue weighted by molar-refractivity contribution is 0.0953. The molecule has 3 rings (SSSR count). The first-order chi connectivity index (χ1) is 15.6. The molecule has 7 heteroatoms. The fourth-order valence-corrected chi connectivity index (χ4v) is 3.81. The van der Waals surface area contributed by atoms with Crippen LogP contribution in [-0.4, -0.2) is 60.6 Å². The number of rotatable bonds is 9. The van der Waals surface area contributed by atoms with Gasteiger partial charge in [0.25, 0.3) is 5.91 Å². The third-order valence-corrected chi connectivity index (χ3v) is 5.52. The molecule has 0 atom stereocenters. The van der Waals surface area contributed by atoms with Gasteiger partial charge in [0.2, 0.25) is 0 Å². The van der Waals surface area contributed by atoms with Crippen molar-refractivity contribution in [3.63, 3.8) is 0 Å². The summed E-state index contributed by atoms with van der Waals surface area (Å²) in [5, 5.41) is 19.2. The molecule has 1 aliphatic heterocycles. The molecule has 172 valence electrons. The summed E-state index contributed by atoms with van der Waals surface area (Å²) in [5.74, 6) is 0.750. The Morgan fingerprint density at radius 1 is 1.09 bits per heavy atom. The van der Waals surface area contributed by atoms with E-state index >= 15 is 0 Å². The molecule has 0 radical (unpaired) electrons. The van der Waals surface area contributed by atoms with E-state index in [1.165, 1.54) is 11.6 Å². The quantitative estimate of drug-likeness (QED) is 0.275. The number of benzene rings is 2. The number of likely N-dealkylation sites (tertiary alicyclic amines) is 1. The largest absolute Gasteiger partial charge is 0.508 e. The highest BCUT2D eigenvalue weighted by Gasteiger charge is 2.20. The molecule has 32 heavy (non-hydrogen) atoms. The van der Waals surface area contributed by atoms with Gasteiger partial charge in [0.15, 0.2) is 5.96 Å². The van der Waals surface area contributed by atoms with Crippen molar-refractivity contribution in [2.24, 2.45) is 4.99 Å². The minimum atomic E-state index is -0.183. The van der Waals surface area contributed by atoms with Gasteiger partial charge in [0, 0.05) is 50.9 Å². The monoisotopic (exact) mass is 437 g/mol. The summed E-state index contributed by atoms with van der Waals surface area (Å²) in [7, 11) is 0. The van der Waals surface area contributed by atoms with E-state index in [0.717, 1.165) is 51.4 Å². The molecule has 0 aromatic heterocycles. The van der Waals surface area contributed by atoms with Gasteiger partial charge < -0.3 is 21.1 Å². The Hall–Kier alpha value is -3.06. The van der Waals surface area contributed by atoms with E-state index in [4.69, 9.17) is 0 Å². The smallest absolute Gasteiger partial charge is 0.251 e. The number of piperidine rings is 1. The van der Waals surface area contributed by atoms with Crippen molar-refractivity contribution in [3.8, 4) is 5.75 Å². The van der Waals surface area contributed by atoms with Crippen LogP contribution in [0.2, 0.25) is 0 Å². The van der Waals surface area contributed by atoms with Gasteiger partial charge in [-0.3, -0.25) is 14.7 Å². The molecule has 1 fully saturated rings. The fraction of sp³-hybridized carbons (Fsp3) is 0.440. The maximum absolute atomic E-state index is 12.1. The first-order valence-corrected chi connectivity index (χ1v) is 11.5. The van der Waals surface area contributed by atoms with Gasteiger partial charge in [-0.25, -0.2) is 0 Å². The molecular formula is C25H35N5O2. The first kappa shape index (κ1) is 23.6. The lowest BCUT2D eigenvalue weighted by atomic mass is 10.0. The minimum absolute atomic E-state index is 0.0921. The van der Waals surface area contributed by atoms with Gasteiger partial charge in [-0.2, -0.15) is 0 Å². The van der Waals surface area contributed by atoms with Crippen LogP contribution < -0.4 is 16.0 Å². The van der Waals surface area contributed by atoms with Crippen LogP contribution >= 0.6 is 0 Å². The van der Waals surface area contributed by atoms with Crippen molar-refractivity contribution >= 4 is 11.9 Å². The van der Waals surface area contributed by atoms with Crippen LogP contribution in [0.3, 0.4) is 0 Å². The van der Waals surface area contributed by atoms with Crippen LogP contribution in [-0.2, 0) is 6.54 Å². The van der Waals surface area contributed by atoms with E-state index in [-0.39, 0.29) is 11.7 Å². The molecule has 0 unspecified atom stereocenters. The summed E-state index contributed by atoms with van der Waals surface area (Å²) >= 11 is 0. The lowest BCUT2D eigenvalue weighted by Crippen LogP contribution is -2.48. The highest BCUT2D eigenvalue weighted by molar-refractivity contribution is 5.94. The van der Waals surface area contributed by atoms with E-state index in [2.05, 4.69) is 63.1 Å². The number of aliphatic imine (C=N–C) groups is 1. The normalized spacial score (nSPS) is 15.3. The van der Waals surface area contributed by atoms with Crippen molar-refractivity contribution in [1.29, 1.82) is 0 Å². The molecule has 2 aromatic rings. The number of carbonyl (C=O) groups excluding carboxylic acids is 1. The van der Waals surface area contributed by atoms with E-state index in [1.807, 2.05) is 0 Å². The average Bonchev–Trinajstić information content (AvgIpc) is 2.81. The van der Waals surface area contributed by atoms with Gasteiger partial charge in [-0.15, -0.1) is 0 Å². The third-order valence-electron chi connectivity index (χ3n) is 5.52. The number of nitrogens with zero attached hydrogens (tertiary/aromatic N) is 2. The molecular weight excluding hydrogens is 402 g/mol. The van der Waals surface area contributed by atoms with Crippen LogP contribution in [0, 0.1) is 0 Å². The maximum atomic E-state index is 12.1. The van der Waals surface area contributed by atoms with Crippen LogP contribution in [0.4, 0.5) is 0 Å². The predicted molar refractivity (Wildman–Crippen MR) is 129 cm³/mol. The minimum Gasteiger partial charge on any atom is -0.508 e. The number of phenols is 1. The topological polar surface area (TPSA) is 89.0 Å². The van der Waals surface area contributed by atoms with Crippen LogP contribution in [0.1, 0.15) is 42.1 Å². The summed E-state index contributed by atoms with van der Waals surface area (Å²) in [6.07, 6.45) is 2.94. The molecule has 1 amide bonds. The maximum Gasteiger partial charge on any atom is 0.251 e. The zero-order chi connectivity index (χ0) is 22.6. The number of carbonyl (C=O) groups is 1. The zero-order valence-electron chi connectivity index (χ0n) is 18.9. The molecule has 4 N–H and O–H groups in total. The summed E-state index contributed by atoms with van der Waals surface area (Å²) in [5.41, 5.74) is 1.83. The highest BCUT2D eigenvalue weighted by atomic mass is 16.3. The van der Waals surface area contributed by atoms with Crippen molar-refractivity contribution in [2.45, 2.75) is 38.8 Å². The number of guanidine groups is 1. The molecule has 0 saturated carbocycles. The Kier molecular flexibility index (Phi) is 9.37. The molecule has 2 aromatic carbocycles. The molecule has 0 aliphatic carbocycles. The van der Waals surface area contributed by atoms with E-state index in [9.17, 15) is 9.90 Å². The second-order valence-corrected chi connectivity index (χ2v) is 8.10. The summed E-state index contributed by atoms with van der Waals surface area (Å²) in [4.78, 5) is 19.3. The standard InChI is InChI=1S/C25H35N5O2/c1-2-26-25(28-15-7-14-27-24(32)21-10-6-11-23(31)18-21)29-22-12-16-30(17-13-22)19-20-8-4-3-5-9-20/h3-6,8-11,18,22,31H,2,7,12-17,19H2,1H3,(H,27,32)(H2,26,28,29). The van der Waals surface area contributed by atoms with Gasteiger partial charge in [-0.1, -0.05) is 36.4 Å². The molecule has 1 aliphatic rings. The Morgan fingerprint density at radius 3 is 2.59 bits per heavy atom. The van der Waals surface area contributed by atoms with E-state index in [1.54, 1.807) is 18.2 Å². The SMILES string of the molecule is CCNC(=NCCCNC(=O)c1cccc(O)c1)NC1CCN(Cc2ccccc2)CC1. The zero-order valence-corrected chi connectivity index (χ0v) is 18.9. The number of nitrogens with one attached hydrogen (secondary N) is 3. The molecule has 7 nitrogen and oxygen atoms in total. The Labute approximate surface area is 190 Å². The van der Waals surface area contributed by atoms with Gasteiger partial charge in [0.05, 0.1) is 0 Å². The third kappa shape index (κ3) is 7.89. The average molecular weight is 438 g/mol. The van der Waals surface area contributed by atoms with Crippen LogP contribution in [0.5, 0.6) is 5.75 Å². The number of hydrogen-bond acceptors (Lipinski definition) is 4. The van der Waals surface area contributed by atoms with Crippen LogP contribution in [0.25, 0.3) is 0 Å². The predicted octanol–water partition coefficient (Wildman–Crippen LogP) is 2.73. The summed E-state index contributed by atoms with van der Waals surface area (Å²) in [6, 6.07) is 17.4. The van der Waals surface area contributed by atoms with Crippen molar-refractivity contribution in [3.05, 3.63) is 65.7 Å². The van der Waals surface area contributed by atoms with Crippen molar-refractivity contribution < 1.29 is 9.90 Å². The first-order valence-electron chi connectivity index (χ1n) is 11.5. The van der Waals surface area contributed by atoms with Crippen LogP contribution in [0.15, 0.2) is 59.6 Å². The molecule has 1 saturated heterocycles. The lowest BCUT2D eigenvalue weighted by Gasteiger charge is -2.33. The van der Waals surface area contributed by atoms with E-state index in [0.29, 0.717) is 24.7 Å². The van der Waals surface area contributed by atoms with E-state index < -0.39 is 0 Å². The molecule has 1 heterocycles. The molecule has 0 bridgehead atoms. The molecule has 0 spiro atoms. The van der Waals surface area contributed by atoms with Crippen molar-refractivity contribution in [2.75, 3.05) is 32.7 Å². The van der Waals surface area contributed by atoms with Gasteiger partial charge in [0.1, 0.15) is 5.75 Å². The fourth-order valence-electron chi connectivity index (χ4n) is 3.81. The highest BCUT2D eigenvalue weighted by Crippen LogP contribution is 2.14. The summed E-state index contributed by atoms with van der Waals surface area (Å²) < 4.78 is 0. The number of hydrogen-bond donors (Lipinski definition) is 4. The van der Waals surface area contributed by atoms with Crippen molar-refractivity contribution in [1.82, 2.24) is 20.9 Å². The number of amides is 1. The Bertz CT molecular complexity index is 864. The summed E-state index contributed by atoms with van der Waals surface area (Å²) in [6.45, 7) is 7.20. The number of phenolic OH excluding ortho intramolecular Hbond substituents is 1. The number of aromatic hydroxyl groups is 1. The van der Waals surface area contributed by atoms with Gasteiger partial charge >= 0.3 is 0 Å².